The number of amides is 2. The predicted octanol–water partition coefficient (Wildman–Crippen LogP) is 2.85. The van der Waals surface area contributed by atoms with Crippen molar-refractivity contribution in [3.63, 3.8) is 0 Å². The number of benzene rings is 2. The van der Waals surface area contributed by atoms with Crippen molar-refractivity contribution in [3.05, 3.63) is 47.5 Å². The summed E-state index contributed by atoms with van der Waals surface area (Å²) in [5.41, 5.74) is 1.31. The zero-order valence-electron chi connectivity index (χ0n) is 15.8. The lowest BCUT2D eigenvalue weighted by atomic mass is 10.2. The average molecular weight is 438 g/mol. The van der Waals surface area contributed by atoms with Gasteiger partial charge in [-0.05, 0) is 36.4 Å². The molecule has 1 atom stereocenters. The fraction of sp³-hybridized carbons (Fsp3) is 0.263. The number of sulfonamides is 1. The smallest absolute Gasteiger partial charge is 0.265 e. The molecule has 8 nitrogen and oxygen atoms in total. The molecule has 29 heavy (non-hydrogen) atoms. The Hall–Kier alpha value is -2.78. The summed E-state index contributed by atoms with van der Waals surface area (Å²) in [5, 5.41) is 5.74. The first-order valence-electron chi connectivity index (χ1n) is 8.76. The minimum Gasteiger partial charge on any atom is -0.478 e. The predicted molar refractivity (Wildman–Crippen MR) is 112 cm³/mol. The Kier molecular flexibility index (Phi) is 5.99. The second-order valence-electron chi connectivity index (χ2n) is 6.59. The third-order valence-electron chi connectivity index (χ3n) is 4.20. The highest BCUT2D eigenvalue weighted by Crippen LogP contribution is 2.36. The number of hydrogen-bond acceptors (Lipinski definition) is 5. The number of nitrogens with zero attached hydrogens (tertiary/aromatic N) is 1. The van der Waals surface area contributed by atoms with Crippen LogP contribution in [0.4, 0.5) is 17.1 Å². The van der Waals surface area contributed by atoms with E-state index in [-0.39, 0.29) is 24.6 Å². The van der Waals surface area contributed by atoms with Crippen LogP contribution in [0, 0.1) is 0 Å². The Morgan fingerprint density at radius 3 is 2.48 bits per heavy atom. The van der Waals surface area contributed by atoms with Gasteiger partial charge < -0.3 is 15.4 Å². The number of nitrogens with one attached hydrogen (secondary N) is 2. The third kappa shape index (κ3) is 5.18. The van der Waals surface area contributed by atoms with E-state index < -0.39 is 22.0 Å². The van der Waals surface area contributed by atoms with Crippen molar-refractivity contribution in [2.75, 3.05) is 27.7 Å². The molecule has 0 saturated carbocycles. The first-order valence-corrected chi connectivity index (χ1v) is 11.0. The van der Waals surface area contributed by atoms with Gasteiger partial charge in [-0.3, -0.25) is 13.9 Å². The van der Waals surface area contributed by atoms with E-state index >= 15 is 0 Å². The fourth-order valence-corrected chi connectivity index (χ4v) is 4.09. The van der Waals surface area contributed by atoms with Crippen LogP contribution in [0.1, 0.15) is 13.3 Å². The summed E-state index contributed by atoms with van der Waals surface area (Å²) in [7, 11) is -3.58. The van der Waals surface area contributed by atoms with Crippen molar-refractivity contribution >= 4 is 50.5 Å². The van der Waals surface area contributed by atoms with E-state index in [1.54, 1.807) is 36.4 Å². The van der Waals surface area contributed by atoms with Crippen LogP contribution in [-0.2, 0) is 19.6 Å². The number of rotatable bonds is 4. The largest absolute Gasteiger partial charge is 0.478 e. The summed E-state index contributed by atoms with van der Waals surface area (Å²) in [6.07, 6.45) is 0.327. The summed E-state index contributed by atoms with van der Waals surface area (Å²) in [6.45, 7) is 1.46. The number of hydrogen-bond donors (Lipinski definition) is 2. The molecular formula is C19H20ClN3O5S. The van der Waals surface area contributed by atoms with Crippen molar-refractivity contribution in [1.29, 1.82) is 0 Å². The molecule has 0 bridgehead atoms. The van der Waals surface area contributed by atoms with Gasteiger partial charge in [0.15, 0.2) is 6.10 Å². The number of carbonyl (C=O) groups is 2. The molecule has 0 unspecified atom stereocenters. The van der Waals surface area contributed by atoms with Gasteiger partial charge in [-0.15, -0.1) is 0 Å². The van der Waals surface area contributed by atoms with Crippen molar-refractivity contribution in [2.45, 2.75) is 19.4 Å². The van der Waals surface area contributed by atoms with E-state index in [9.17, 15) is 18.0 Å². The molecule has 0 spiro atoms. The van der Waals surface area contributed by atoms with Gasteiger partial charge in [0, 0.05) is 36.3 Å². The molecule has 2 N–H and O–H groups in total. The fourth-order valence-electron chi connectivity index (χ4n) is 2.98. The number of carbonyl (C=O) groups excluding carboxylic acids is 2. The van der Waals surface area contributed by atoms with E-state index in [4.69, 9.17) is 16.3 Å². The molecule has 10 heteroatoms. The quantitative estimate of drug-likeness (QED) is 0.765. The summed E-state index contributed by atoms with van der Waals surface area (Å²) in [6, 6.07) is 11.3. The number of ether oxygens (including phenoxy) is 1. The van der Waals surface area contributed by atoms with Crippen LogP contribution in [-0.4, -0.2) is 39.1 Å². The van der Waals surface area contributed by atoms with Crippen LogP contribution in [0.15, 0.2) is 42.5 Å². The minimum atomic E-state index is -3.58. The molecule has 3 rings (SSSR count). The highest BCUT2D eigenvalue weighted by Gasteiger charge is 2.31. The summed E-state index contributed by atoms with van der Waals surface area (Å²) in [4.78, 5) is 24.0. The van der Waals surface area contributed by atoms with Gasteiger partial charge in [-0.1, -0.05) is 17.7 Å². The lowest BCUT2D eigenvalue weighted by Crippen LogP contribution is -2.36. The Labute approximate surface area is 173 Å². The number of anilines is 3. The van der Waals surface area contributed by atoms with Gasteiger partial charge >= 0.3 is 0 Å². The second-order valence-corrected chi connectivity index (χ2v) is 8.94. The zero-order chi connectivity index (χ0) is 21.2. The Balaban J connectivity index is 1.82. The van der Waals surface area contributed by atoms with Crippen LogP contribution in [0.25, 0.3) is 0 Å². The van der Waals surface area contributed by atoms with Crippen molar-refractivity contribution in [2.24, 2.45) is 0 Å². The van der Waals surface area contributed by atoms with Gasteiger partial charge in [0.2, 0.25) is 15.9 Å². The van der Waals surface area contributed by atoms with E-state index in [1.165, 1.54) is 17.3 Å². The zero-order valence-corrected chi connectivity index (χ0v) is 17.4. The van der Waals surface area contributed by atoms with E-state index in [0.717, 1.165) is 6.26 Å². The molecular weight excluding hydrogens is 418 g/mol. The number of fused-ring (bicyclic) bond motifs is 1. The van der Waals surface area contributed by atoms with Crippen LogP contribution in [0.5, 0.6) is 5.75 Å². The summed E-state index contributed by atoms with van der Waals surface area (Å²) in [5.74, 6) is -0.401. The van der Waals surface area contributed by atoms with Crippen LogP contribution in [0.2, 0.25) is 5.02 Å². The molecule has 0 aliphatic carbocycles. The van der Waals surface area contributed by atoms with Gasteiger partial charge in [0.05, 0.1) is 11.9 Å². The van der Waals surface area contributed by atoms with Crippen LogP contribution in [0.3, 0.4) is 0 Å². The van der Waals surface area contributed by atoms with Crippen LogP contribution < -0.4 is 19.7 Å². The molecule has 2 aromatic rings. The number of halogens is 1. The first-order chi connectivity index (χ1) is 13.6. The SMILES string of the molecule is CC(=O)Nc1cccc(NC(=O)[C@@H]2CCN(S(C)(=O)=O)c3cc(Cl)ccc3O2)c1. The molecule has 1 aliphatic rings. The average Bonchev–Trinajstić information content (AvgIpc) is 2.80. The molecule has 0 radical (unpaired) electrons. The third-order valence-corrected chi connectivity index (χ3v) is 5.61. The van der Waals surface area contributed by atoms with Crippen LogP contribution >= 0.6 is 11.6 Å². The maximum absolute atomic E-state index is 12.8. The van der Waals surface area contributed by atoms with Gasteiger partial charge in [0.25, 0.3) is 5.91 Å². The van der Waals surface area contributed by atoms with Crippen molar-refractivity contribution in [1.82, 2.24) is 0 Å². The van der Waals surface area contributed by atoms with Crippen molar-refractivity contribution < 1.29 is 22.7 Å². The van der Waals surface area contributed by atoms with Crippen molar-refractivity contribution in [3.8, 4) is 5.75 Å². The van der Waals surface area contributed by atoms with Gasteiger partial charge in [0.1, 0.15) is 5.75 Å². The molecule has 2 amide bonds. The standard InChI is InChI=1S/C19H20ClN3O5S/c1-12(24)21-14-4-3-5-15(11-14)22-19(25)18-8-9-23(29(2,26)27)16-10-13(20)6-7-17(16)28-18/h3-7,10-11,18H,8-9H2,1-2H3,(H,21,24)(H,22,25)/t18-/m0/s1. The highest BCUT2D eigenvalue weighted by molar-refractivity contribution is 7.92. The summed E-state index contributed by atoms with van der Waals surface area (Å²) >= 11 is 6.02. The normalized spacial score (nSPS) is 16.2. The van der Waals surface area contributed by atoms with E-state index in [1.807, 2.05) is 0 Å². The molecule has 0 aromatic heterocycles. The topological polar surface area (TPSA) is 105 Å². The maximum atomic E-state index is 12.8. The lowest BCUT2D eigenvalue weighted by Gasteiger charge is -2.21. The Morgan fingerprint density at radius 1 is 1.14 bits per heavy atom. The summed E-state index contributed by atoms with van der Waals surface area (Å²) < 4.78 is 31.4. The van der Waals surface area contributed by atoms with Gasteiger partial charge in [-0.2, -0.15) is 0 Å². The second kappa shape index (κ2) is 8.30. The molecule has 1 aliphatic heterocycles. The molecule has 0 fully saturated rings. The van der Waals surface area contributed by atoms with E-state index in [0.29, 0.717) is 22.1 Å². The Bertz CT molecular complexity index is 1060. The van der Waals surface area contributed by atoms with Gasteiger partial charge in [-0.25, -0.2) is 8.42 Å². The molecule has 154 valence electrons. The molecule has 1 heterocycles. The molecule has 2 aromatic carbocycles. The Morgan fingerprint density at radius 2 is 1.83 bits per heavy atom. The molecule has 0 saturated heterocycles. The van der Waals surface area contributed by atoms with E-state index in [2.05, 4.69) is 10.6 Å². The maximum Gasteiger partial charge on any atom is 0.265 e. The minimum absolute atomic E-state index is 0.0657. The lowest BCUT2D eigenvalue weighted by molar-refractivity contribution is -0.122. The first kappa shape index (κ1) is 20.9. The monoisotopic (exact) mass is 437 g/mol. The highest BCUT2D eigenvalue weighted by atomic mass is 35.5.